The molecule has 0 aliphatic heterocycles. The number of ether oxygens (including phenoxy) is 2. The van der Waals surface area contributed by atoms with Crippen molar-refractivity contribution in [3.05, 3.63) is 24.8 Å². The van der Waals surface area contributed by atoms with Crippen LogP contribution < -0.4 is 0 Å². The molecule has 0 spiro atoms. The molecule has 0 N–H and O–H groups in total. The smallest absolute Gasteiger partial charge is 0.333 e. The van der Waals surface area contributed by atoms with Crippen LogP contribution in [0.15, 0.2) is 24.8 Å². The van der Waals surface area contributed by atoms with Crippen LogP contribution in [0.5, 0.6) is 0 Å². The summed E-state index contributed by atoms with van der Waals surface area (Å²) in [5.74, 6) is 7.59. The summed E-state index contributed by atoms with van der Waals surface area (Å²) < 4.78 is 13.6. The highest BCUT2D eigenvalue weighted by Crippen LogP contribution is 2.75. The molecule has 10 saturated carbocycles. The Morgan fingerprint density at radius 1 is 0.733 bits per heavy atom. The molecular formula is C41H60O4. The van der Waals surface area contributed by atoms with Gasteiger partial charge in [0, 0.05) is 29.4 Å². The molecule has 10 bridgehead atoms. The van der Waals surface area contributed by atoms with Crippen molar-refractivity contribution in [1.29, 1.82) is 0 Å². The molecule has 45 heavy (non-hydrogen) atoms. The molecule has 0 saturated heterocycles. The van der Waals surface area contributed by atoms with E-state index in [-0.39, 0.29) is 23.1 Å². The van der Waals surface area contributed by atoms with Crippen LogP contribution >= 0.6 is 0 Å². The Balaban J connectivity index is 1.07. The first kappa shape index (κ1) is 30.7. The van der Waals surface area contributed by atoms with Gasteiger partial charge in [-0.1, -0.05) is 39.8 Å². The molecule has 0 aromatic rings. The number of fused-ring (bicyclic) bond motifs is 2. The summed E-state index contributed by atoms with van der Waals surface area (Å²) in [6.45, 7) is 14.3. The standard InChI is InChI=1S/C41H60O4/c1-6-9-30(10-7-2)40(44-37(42)8-3)33-16-27-17-34(40)23-39(21-27,22-33)35-19-29-18-28(35)20-36(29)41(45-38(43)24(4)5)31-12-25-11-26(14-31)15-32(41)13-25/h8,25-36H,3-4,6-7,9-23H2,1-2,5H3. The van der Waals surface area contributed by atoms with Gasteiger partial charge in [-0.25, -0.2) is 9.59 Å². The van der Waals surface area contributed by atoms with Crippen LogP contribution in [0.25, 0.3) is 0 Å². The maximum Gasteiger partial charge on any atom is 0.333 e. The van der Waals surface area contributed by atoms with Crippen LogP contribution in [0.3, 0.4) is 0 Å². The number of rotatable bonds is 11. The van der Waals surface area contributed by atoms with E-state index in [1.807, 2.05) is 6.92 Å². The Labute approximate surface area is 272 Å². The topological polar surface area (TPSA) is 52.6 Å². The minimum absolute atomic E-state index is 0.123. The van der Waals surface area contributed by atoms with E-state index in [1.54, 1.807) is 0 Å². The molecule has 10 rings (SSSR count). The van der Waals surface area contributed by atoms with Gasteiger partial charge in [-0.05, 0) is 162 Å². The first-order chi connectivity index (χ1) is 21.7. The zero-order valence-corrected chi connectivity index (χ0v) is 28.6. The van der Waals surface area contributed by atoms with Crippen LogP contribution in [0, 0.1) is 76.4 Å². The number of carbonyl (C=O) groups excluding carboxylic acids is 2. The minimum atomic E-state index is -0.293. The van der Waals surface area contributed by atoms with Gasteiger partial charge in [0.2, 0.25) is 0 Å². The fourth-order valence-corrected chi connectivity index (χ4v) is 15.5. The van der Waals surface area contributed by atoms with Crippen molar-refractivity contribution < 1.29 is 19.1 Å². The Bertz CT molecular complexity index is 1180. The van der Waals surface area contributed by atoms with Gasteiger partial charge < -0.3 is 9.47 Å². The number of hydrogen-bond acceptors (Lipinski definition) is 4. The highest BCUT2D eigenvalue weighted by atomic mass is 16.6. The summed E-state index contributed by atoms with van der Waals surface area (Å²) in [5, 5.41) is 0. The molecule has 0 radical (unpaired) electrons. The van der Waals surface area contributed by atoms with E-state index in [4.69, 9.17) is 9.47 Å². The molecule has 6 unspecified atom stereocenters. The summed E-state index contributed by atoms with van der Waals surface area (Å²) in [6, 6.07) is 0. The lowest BCUT2D eigenvalue weighted by atomic mass is 9.38. The van der Waals surface area contributed by atoms with Crippen LogP contribution in [0.1, 0.15) is 130 Å². The molecule has 10 aliphatic rings. The Kier molecular flexibility index (Phi) is 7.50. The van der Waals surface area contributed by atoms with Gasteiger partial charge in [-0.2, -0.15) is 0 Å². The van der Waals surface area contributed by atoms with Crippen molar-refractivity contribution in [3.8, 4) is 0 Å². The molecule has 0 aromatic carbocycles. The SMILES string of the molecule is C=CC(=O)OC1(C(CCC)CCC)C2CC3CC1CC(C1CC4CC1CC4C1(OC(=O)C(=C)C)C4CC5CC(C4)CC1C5)(C3)C2. The van der Waals surface area contributed by atoms with E-state index < -0.39 is 0 Å². The monoisotopic (exact) mass is 616 g/mol. The average molecular weight is 617 g/mol. The Morgan fingerprint density at radius 3 is 1.80 bits per heavy atom. The van der Waals surface area contributed by atoms with Crippen molar-refractivity contribution >= 4 is 11.9 Å². The van der Waals surface area contributed by atoms with Gasteiger partial charge in [-0.3, -0.25) is 0 Å². The fourth-order valence-electron chi connectivity index (χ4n) is 15.5. The van der Waals surface area contributed by atoms with Crippen LogP contribution in [0.4, 0.5) is 0 Å². The van der Waals surface area contributed by atoms with Gasteiger partial charge >= 0.3 is 11.9 Å². The lowest BCUT2D eigenvalue weighted by Gasteiger charge is -2.68. The third-order valence-corrected chi connectivity index (χ3v) is 16.1. The Hall–Kier alpha value is -1.58. The van der Waals surface area contributed by atoms with Gasteiger partial charge in [0.15, 0.2) is 0 Å². The quantitative estimate of drug-likeness (QED) is 0.171. The second kappa shape index (κ2) is 11.0. The summed E-state index contributed by atoms with van der Waals surface area (Å²) in [7, 11) is 0. The predicted molar refractivity (Wildman–Crippen MR) is 177 cm³/mol. The molecule has 0 aromatic heterocycles. The van der Waals surface area contributed by atoms with E-state index in [2.05, 4.69) is 27.0 Å². The maximum atomic E-state index is 13.3. The Morgan fingerprint density at radius 2 is 1.29 bits per heavy atom. The summed E-state index contributed by atoms with van der Waals surface area (Å²) in [5.41, 5.74) is 0.457. The number of esters is 2. The van der Waals surface area contributed by atoms with E-state index in [1.165, 1.54) is 89.5 Å². The number of carbonyl (C=O) groups is 2. The van der Waals surface area contributed by atoms with E-state index in [0.29, 0.717) is 52.4 Å². The largest absolute Gasteiger partial charge is 0.455 e. The van der Waals surface area contributed by atoms with E-state index >= 15 is 0 Å². The van der Waals surface area contributed by atoms with Crippen molar-refractivity contribution in [2.45, 2.75) is 141 Å². The van der Waals surface area contributed by atoms with E-state index in [0.717, 1.165) is 55.3 Å². The molecule has 10 fully saturated rings. The van der Waals surface area contributed by atoms with Gasteiger partial charge in [0.25, 0.3) is 0 Å². The van der Waals surface area contributed by atoms with Crippen molar-refractivity contribution in [1.82, 2.24) is 0 Å². The first-order valence-electron chi connectivity index (χ1n) is 19.4. The molecular weight excluding hydrogens is 556 g/mol. The van der Waals surface area contributed by atoms with Crippen molar-refractivity contribution in [2.75, 3.05) is 0 Å². The number of hydrogen-bond donors (Lipinski definition) is 0. The zero-order chi connectivity index (χ0) is 31.3. The van der Waals surface area contributed by atoms with E-state index in [9.17, 15) is 9.59 Å². The van der Waals surface area contributed by atoms with Crippen LogP contribution in [0.2, 0.25) is 0 Å². The summed E-state index contributed by atoms with van der Waals surface area (Å²) >= 11 is 0. The highest BCUT2D eigenvalue weighted by molar-refractivity contribution is 5.87. The molecule has 10 aliphatic carbocycles. The molecule has 4 heteroatoms. The van der Waals surface area contributed by atoms with Crippen molar-refractivity contribution in [3.63, 3.8) is 0 Å². The van der Waals surface area contributed by atoms with Crippen LogP contribution in [-0.4, -0.2) is 23.1 Å². The summed E-state index contributed by atoms with van der Waals surface area (Å²) in [6.07, 6.45) is 23.0. The molecule has 248 valence electrons. The third-order valence-electron chi connectivity index (χ3n) is 16.1. The highest BCUT2D eigenvalue weighted by Gasteiger charge is 2.72. The van der Waals surface area contributed by atoms with Gasteiger partial charge in [0.05, 0.1) is 0 Å². The molecule has 4 nitrogen and oxygen atoms in total. The molecule has 0 heterocycles. The van der Waals surface area contributed by atoms with Crippen LogP contribution in [-0.2, 0) is 19.1 Å². The minimum Gasteiger partial charge on any atom is -0.455 e. The first-order valence-corrected chi connectivity index (χ1v) is 19.4. The van der Waals surface area contributed by atoms with Crippen molar-refractivity contribution in [2.24, 2.45) is 76.4 Å². The molecule has 6 atom stereocenters. The second-order valence-electron chi connectivity index (χ2n) is 18.2. The lowest BCUT2D eigenvalue weighted by Crippen LogP contribution is -2.67. The predicted octanol–water partition coefficient (Wildman–Crippen LogP) is 9.47. The average Bonchev–Trinajstić information content (AvgIpc) is 3.62. The van der Waals surface area contributed by atoms with Gasteiger partial charge in [-0.15, -0.1) is 0 Å². The second-order valence-corrected chi connectivity index (χ2v) is 18.2. The summed E-state index contributed by atoms with van der Waals surface area (Å²) in [4.78, 5) is 26.4. The third kappa shape index (κ3) is 4.41. The normalized spacial score (nSPS) is 49.9. The maximum absolute atomic E-state index is 13.3. The zero-order valence-electron chi connectivity index (χ0n) is 28.6. The fraction of sp³-hybridized carbons (Fsp3) is 0.854. The lowest BCUT2D eigenvalue weighted by molar-refractivity contribution is -0.257. The van der Waals surface area contributed by atoms with Gasteiger partial charge in [0.1, 0.15) is 11.2 Å². The molecule has 0 amide bonds.